The second kappa shape index (κ2) is 5.97. The van der Waals surface area contributed by atoms with Crippen molar-refractivity contribution in [3.05, 3.63) is 82.7 Å². The lowest BCUT2D eigenvalue weighted by Gasteiger charge is -2.03. The van der Waals surface area contributed by atoms with Gasteiger partial charge in [-0.3, -0.25) is 0 Å². The Labute approximate surface area is 142 Å². The normalized spacial score (nSPS) is 11.0. The molecule has 0 aliphatic carbocycles. The molecule has 3 nitrogen and oxygen atoms in total. The summed E-state index contributed by atoms with van der Waals surface area (Å²) in [6.45, 7) is 0. The number of halogens is 1. The first kappa shape index (κ1) is 14.2. The van der Waals surface area contributed by atoms with Crippen LogP contribution in [0.15, 0.2) is 75.7 Å². The van der Waals surface area contributed by atoms with E-state index in [1.165, 1.54) is 16.3 Å². The summed E-state index contributed by atoms with van der Waals surface area (Å²) in [5.41, 5.74) is 2.13. The Morgan fingerprint density at radius 1 is 0.870 bits per heavy atom. The summed E-state index contributed by atoms with van der Waals surface area (Å²) in [5.74, 6) is 1.24. The van der Waals surface area contributed by atoms with E-state index in [4.69, 9.17) is 4.52 Å². The molecule has 0 atom stereocenters. The van der Waals surface area contributed by atoms with Crippen LogP contribution in [0, 0.1) is 0 Å². The molecule has 0 radical (unpaired) electrons. The van der Waals surface area contributed by atoms with Crippen LogP contribution >= 0.6 is 15.9 Å². The van der Waals surface area contributed by atoms with Gasteiger partial charge in [-0.15, -0.1) is 0 Å². The smallest absolute Gasteiger partial charge is 0.231 e. The number of hydrogen-bond donors (Lipinski definition) is 0. The Kier molecular flexibility index (Phi) is 3.67. The number of hydrogen-bond acceptors (Lipinski definition) is 3. The summed E-state index contributed by atoms with van der Waals surface area (Å²) < 4.78 is 6.46. The van der Waals surface area contributed by atoms with E-state index in [2.05, 4.69) is 56.4 Å². The lowest BCUT2D eigenvalue weighted by atomic mass is 10.0. The molecule has 0 spiro atoms. The molecule has 0 amide bonds. The SMILES string of the molecule is Brc1ccc(-c2noc(Cc3cccc4ccccc34)n2)cc1. The molecule has 4 aromatic rings. The van der Waals surface area contributed by atoms with E-state index in [0.29, 0.717) is 18.1 Å². The van der Waals surface area contributed by atoms with Gasteiger partial charge in [0.15, 0.2) is 0 Å². The summed E-state index contributed by atoms with van der Waals surface area (Å²) in [7, 11) is 0. The fraction of sp³-hybridized carbons (Fsp3) is 0.0526. The van der Waals surface area contributed by atoms with Crippen LogP contribution in [0.4, 0.5) is 0 Å². The monoisotopic (exact) mass is 364 g/mol. The molecule has 0 bridgehead atoms. The predicted octanol–water partition coefficient (Wildman–Crippen LogP) is 5.24. The van der Waals surface area contributed by atoms with Gasteiger partial charge in [0.25, 0.3) is 0 Å². The molecule has 0 saturated carbocycles. The standard InChI is InChI=1S/C19H13BrN2O/c20-16-10-8-14(9-11-16)19-21-18(23-22-19)12-15-6-3-5-13-4-1-2-7-17(13)15/h1-11H,12H2. The van der Waals surface area contributed by atoms with Gasteiger partial charge in [0.05, 0.1) is 6.42 Å². The van der Waals surface area contributed by atoms with Gasteiger partial charge in [-0.2, -0.15) is 4.98 Å². The fourth-order valence-electron chi connectivity index (χ4n) is 2.65. The molecule has 0 aliphatic rings. The van der Waals surface area contributed by atoms with Gasteiger partial charge in [0.1, 0.15) is 0 Å². The first-order valence-electron chi connectivity index (χ1n) is 7.35. The van der Waals surface area contributed by atoms with Gasteiger partial charge in [0.2, 0.25) is 11.7 Å². The van der Waals surface area contributed by atoms with E-state index in [1.54, 1.807) is 0 Å². The summed E-state index contributed by atoms with van der Waals surface area (Å²) in [6, 6.07) is 22.5. The molecule has 4 rings (SSSR count). The molecule has 1 aromatic heterocycles. The van der Waals surface area contributed by atoms with Gasteiger partial charge in [0, 0.05) is 10.0 Å². The Bertz CT molecular complexity index is 955. The highest BCUT2D eigenvalue weighted by Gasteiger charge is 2.10. The molecule has 4 heteroatoms. The molecule has 3 aromatic carbocycles. The van der Waals surface area contributed by atoms with E-state index in [-0.39, 0.29) is 0 Å². The number of benzene rings is 3. The molecule has 23 heavy (non-hydrogen) atoms. The zero-order chi connectivity index (χ0) is 15.6. The van der Waals surface area contributed by atoms with Crippen molar-refractivity contribution in [1.82, 2.24) is 10.1 Å². The predicted molar refractivity (Wildman–Crippen MR) is 94.2 cm³/mol. The topological polar surface area (TPSA) is 38.9 Å². The Hall–Kier alpha value is -2.46. The molecule has 0 aliphatic heterocycles. The van der Waals surface area contributed by atoms with Gasteiger partial charge >= 0.3 is 0 Å². The van der Waals surface area contributed by atoms with Crippen LogP contribution in [0.3, 0.4) is 0 Å². The fourth-order valence-corrected chi connectivity index (χ4v) is 2.92. The maximum atomic E-state index is 5.43. The minimum Gasteiger partial charge on any atom is -0.339 e. The highest BCUT2D eigenvalue weighted by molar-refractivity contribution is 9.10. The van der Waals surface area contributed by atoms with E-state index in [0.717, 1.165) is 10.0 Å². The third-order valence-electron chi connectivity index (χ3n) is 3.79. The minimum absolute atomic E-state index is 0.618. The van der Waals surface area contributed by atoms with Gasteiger partial charge in [-0.1, -0.05) is 63.6 Å². The molecule has 0 fully saturated rings. The molecule has 1 heterocycles. The second-order valence-corrected chi connectivity index (χ2v) is 6.25. The van der Waals surface area contributed by atoms with E-state index >= 15 is 0 Å². The van der Waals surface area contributed by atoms with Crippen LogP contribution in [-0.2, 0) is 6.42 Å². The average Bonchev–Trinajstić information content (AvgIpc) is 3.04. The third-order valence-corrected chi connectivity index (χ3v) is 4.32. The number of nitrogens with zero attached hydrogens (tertiary/aromatic N) is 2. The van der Waals surface area contributed by atoms with Crippen molar-refractivity contribution < 1.29 is 4.52 Å². The zero-order valence-electron chi connectivity index (χ0n) is 12.2. The molecule has 0 saturated heterocycles. The highest BCUT2D eigenvalue weighted by atomic mass is 79.9. The lowest BCUT2D eigenvalue weighted by molar-refractivity contribution is 0.386. The summed E-state index contributed by atoms with van der Waals surface area (Å²) in [6.07, 6.45) is 0.630. The van der Waals surface area contributed by atoms with E-state index in [9.17, 15) is 0 Å². The van der Waals surface area contributed by atoms with E-state index in [1.807, 2.05) is 36.4 Å². The quantitative estimate of drug-likeness (QED) is 0.498. The Balaban J connectivity index is 1.66. The maximum absolute atomic E-state index is 5.43. The molecule has 0 N–H and O–H groups in total. The van der Waals surface area contributed by atoms with Crippen LogP contribution in [0.5, 0.6) is 0 Å². The van der Waals surface area contributed by atoms with Crippen molar-refractivity contribution >= 4 is 26.7 Å². The number of aromatic nitrogens is 2. The minimum atomic E-state index is 0.618. The van der Waals surface area contributed by atoms with Crippen LogP contribution in [0.1, 0.15) is 11.5 Å². The van der Waals surface area contributed by atoms with Crippen molar-refractivity contribution in [2.45, 2.75) is 6.42 Å². The molecule has 112 valence electrons. The summed E-state index contributed by atoms with van der Waals surface area (Å²) in [4.78, 5) is 4.52. The van der Waals surface area contributed by atoms with Crippen LogP contribution < -0.4 is 0 Å². The van der Waals surface area contributed by atoms with Crippen molar-refractivity contribution in [2.24, 2.45) is 0 Å². The van der Waals surface area contributed by atoms with Gasteiger partial charge in [-0.05, 0) is 40.6 Å². The second-order valence-electron chi connectivity index (χ2n) is 5.33. The van der Waals surface area contributed by atoms with Crippen molar-refractivity contribution in [3.8, 4) is 11.4 Å². The third kappa shape index (κ3) is 2.90. The zero-order valence-corrected chi connectivity index (χ0v) is 13.8. The molecular weight excluding hydrogens is 352 g/mol. The van der Waals surface area contributed by atoms with Gasteiger partial charge < -0.3 is 4.52 Å². The lowest BCUT2D eigenvalue weighted by Crippen LogP contribution is -1.90. The van der Waals surface area contributed by atoms with Crippen LogP contribution in [0.25, 0.3) is 22.2 Å². The van der Waals surface area contributed by atoms with Crippen LogP contribution in [0.2, 0.25) is 0 Å². The first-order valence-corrected chi connectivity index (χ1v) is 8.14. The maximum Gasteiger partial charge on any atom is 0.231 e. The van der Waals surface area contributed by atoms with Gasteiger partial charge in [-0.25, -0.2) is 0 Å². The van der Waals surface area contributed by atoms with Crippen molar-refractivity contribution in [3.63, 3.8) is 0 Å². The van der Waals surface area contributed by atoms with Crippen LogP contribution in [-0.4, -0.2) is 10.1 Å². The largest absolute Gasteiger partial charge is 0.339 e. The summed E-state index contributed by atoms with van der Waals surface area (Å²) in [5, 5.41) is 6.53. The van der Waals surface area contributed by atoms with E-state index < -0.39 is 0 Å². The molecule has 0 unspecified atom stereocenters. The highest BCUT2D eigenvalue weighted by Crippen LogP contribution is 2.23. The number of rotatable bonds is 3. The summed E-state index contributed by atoms with van der Waals surface area (Å²) >= 11 is 3.43. The van der Waals surface area contributed by atoms with Crippen molar-refractivity contribution in [2.75, 3.05) is 0 Å². The average molecular weight is 365 g/mol. The first-order chi connectivity index (χ1) is 11.3. The van der Waals surface area contributed by atoms with Crippen molar-refractivity contribution in [1.29, 1.82) is 0 Å². The Morgan fingerprint density at radius 3 is 2.52 bits per heavy atom. The number of fused-ring (bicyclic) bond motifs is 1. The molecular formula is C19H13BrN2O. The Morgan fingerprint density at radius 2 is 1.65 bits per heavy atom.